The maximum atomic E-state index is 12.8. The van der Waals surface area contributed by atoms with Crippen molar-refractivity contribution in [2.24, 2.45) is 0 Å². The molecule has 0 radical (unpaired) electrons. The quantitative estimate of drug-likeness (QED) is 0.160. The summed E-state index contributed by atoms with van der Waals surface area (Å²) in [5.74, 6) is -0.376. The van der Waals surface area contributed by atoms with Crippen molar-refractivity contribution in [1.29, 1.82) is 0 Å². The lowest BCUT2D eigenvalue weighted by molar-refractivity contribution is -0.140. The summed E-state index contributed by atoms with van der Waals surface area (Å²) in [4.78, 5) is 25.4. The lowest BCUT2D eigenvalue weighted by Crippen LogP contribution is -2.33. The summed E-state index contributed by atoms with van der Waals surface area (Å²) in [6.07, 6.45) is 5.14. The van der Waals surface area contributed by atoms with Gasteiger partial charge in [0.15, 0.2) is 11.5 Å². The first-order valence-electron chi connectivity index (χ1n) is 12.4. The number of benzene rings is 3. The number of rotatable bonds is 13. The Labute approximate surface area is 232 Å². The van der Waals surface area contributed by atoms with Crippen molar-refractivity contribution in [1.82, 2.24) is 4.90 Å². The van der Waals surface area contributed by atoms with Crippen LogP contribution in [0, 0.1) is 0 Å². The number of ether oxygens (including phenoxy) is 2. The summed E-state index contributed by atoms with van der Waals surface area (Å²) in [6, 6.07) is 26.1. The molecule has 0 atom stereocenters. The maximum Gasteiger partial charge on any atom is 0.323 e. The molecule has 3 aromatic rings. The van der Waals surface area contributed by atoms with Crippen molar-refractivity contribution in [2.45, 2.75) is 25.7 Å². The van der Waals surface area contributed by atoms with Crippen molar-refractivity contribution in [3.05, 3.63) is 100 Å². The minimum absolute atomic E-state index is 0.224. The molecule has 0 unspecified atom stereocenters. The smallest absolute Gasteiger partial charge is 0.323 e. The first kappa shape index (κ1) is 27.4. The molecule has 8 heteroatoms. The van der Waals surface area contributed by atoms with E-state index in [0.717, 1.165) is 42.3 Å². The Morgan fingerprint density at radius 2 is 1.47 bits per heavy atom. The fraction of sp³-hybridized carbons (Fsp3) is 0.233. The Kier molecular flexibility index (Phi) is 9.95. The molecule has 0 saturated carbocycles. The number of aryl methyl sites for hydroxylation is 2. The zero-order valence-corrected chi connectivity index (χ0v) is 22.5. The van der Waals surface area contributed by atoms with Gasteiger partial charge >= 0.3 is 5.97 Å². The van der Waals surface area contributed by atoms with E-state index in [1.54, 1.807) is 6.08 Å². The molecule has 1 aliphatic heterocycles. The van der Waals surface area contributed by atoms with Crippen molar-refractivity contribution in [3.8, 4) is 11.5 Å². The van der Waals surface area contributed by atoms with Crippen LogP contribution in [0.3, 0.4) is 0 Å². The van der Waals surface area contributed by atoms with Crippen LogP contribution >= 0.6 is 24.0 Å². The third-order valence-electron chi connectivity index (χ3n) is 5.87. The summed E-state index contributed by atoms with van der Waals surface area (Å²) in [7, 11) is 0. The Morgan fingerprint density at radius 3 is 2.08 bits per heavy atom. The van der Waals surface area contributed by atoms with E-state index < -0.39 is 18.4 Å². The van der Waals surface area contributed by atoms with Crippen LogP contribution in [-0.4, -0.2) is 46.0 Å². The largest absolute Gasteiger partial charge is 0.490 e. The lowest BCUT2D eigenvalue weighted by atomic mass is 10.1. The number of nitrogens with zero attached hydrogens (tertiary/aromatic N) is 1. The number of amides is 1. The van der Waals surface area contributed by atoms with E-state index in [0.29, 0.717) is 35.2 Å². The molecule has 1 heterocycles. The number of thiocarbonyl (C=S) groups is 1. The van der Waals surface area contributed by atoms with E-state index >= 15 is 0 Å². The molecule has 0 spiro atoms. The van der Waals surface area contributed by atoms with Crippen LogP contribution in [0.2, 0.25) is 0 Å². The standard InChI is InChI=1S/C30H29NO5S2/c32-27(33)21-31-29(34)26(38-30(31)37)20-24-16-7-17-25(35-18-8-14-22-10-3-1-4-11-22)28(24)36-19-9-15-23-12-5-2-6-13-23/h1-7,10-13,16-17,20H,8-9,14-15,18-19,21H2,(H,32,33)/b26-20-. The fourth-order valence-corrected chi connectivity index (χ4v) is 5.27. The maximum absolute atomic E-state index is 12.8. The summed E-state index contributed by atoms with van der Waals surface area (Å²) in [5, 5.41) is 9.13. The van der Waals surface area contributed by atoms with Crippen LogP contribution in [-0.2, 0) is 22.4 Å². The van der Waals surface area contributed by atoms with Crippen molar-refractivity contribution in [2.75, 3.05) is 19.8 Å². The van der Waals surface area contributed by atoms with Gasteiger partial charge in [0, 0.05) is 5.56 Å². The van der Waals surface area contributed by atoms with Gasteiger partial charge in [-0.3, -0.25) is 14.5 Å². The van der Waals surface area contributed by atoms with E-state index in [9.17, 15) is 9.59 Å². The van der Waals surface area contributed by atoms with E-state index in [-0.39, 0.29) is 4.32 Å². The second kappa shape index (κ2) is 13.8. The zero-order chi connectivity index (χ0) is 26.7. The first-order chi connectivity index (χ1) is 18.5. The van der Waals surface area contributed by atoms with E-state index in [1.807, 2.05) is 54.6 Å². The Bertz CT molecular complexity index is 1290. The molecule has 6 nitrogen and oxygen atoms in total. The summed E-state index contributed by atoms with van der Waals surface area (Å²) in [6.45, 7) is 0.523. The zero-order valence-electron chi connectivity index (χ0n) is 20.9. The van der Waals surface area contributed by atoms with E-state index in [1.165, 1.54) is 11.1 Å². The van der Waals surface area contributed by atoms with E-state index in [2.05, 4.69) is 24.3 Å². The van der Waals surface area contributed by atoms with Crippen LogP contribution in [0.25, 0.3) is 6.08 Å². The molecular weight excluding hydrogens is 518 g/mol. The number of carbonyl (C=O) groups excluding carboxylic acids is 1. The molecule has 4 rings (SSSR count). The molecule has 3 aromatic carbocycles. The molecule has 1 amide bonds. The summed E-state index contributed by atoms with van der Waals surface area (Å²) in [5.41, 5.74) is 3.18. The van der Waals surface area contributed by atoms with Crippen molar-refractivity contribution < 1.29 is 24.2 Å². The Balaban J connectivity index is 1.48. The number of hydrogen-bond acceptors (Lipinski definition) is 6. The number of carboxylic acids is 1. The molecule has 1 aliphatic rings. The highest BCUT2D eigenvalue weighted by molar-refractivity contribution is 8.26. The van der Waals surface area contributed by atoms with Gasteiger partial charge in [0.2, 0.25) is 0 Å². The fourth-order valence-electron chi connectivity index (χ4n) is 4.03. The van der Waals surface area contributed by atoms with Gasteiger partial charge in [-0.05, 0) is 49.0 Å². The molecule has 1 fully saturated rings. The number of thioether (sulfide) groups is 1. The second-order valence-corrected chi connectivity index (χ2v) is 10.4. The summed E-state index contributed by atoms with van der Waals surface area (Å²) >= 11 is 6.33. The molecule has 0 bridgehead atoms. The third kappa shape index (κ3) is 7.69. The minimum Gasteiger partial charge on any atom is -0.490 e. The first-order valence-corrected chi connectivity index (χ1v) is 13.7. The highest BCUT2D eigenvalue weighted by Crippen LogP contribution is 2.38. The molecule has 0 aliphatic carbocycles. The van der Waals surface area contributed by atoms with Gasteiger partial charge in [0.1, 0.15) is 10.9 Å². The topological polar surface area (TPSA) is 76.1 Å². The number of hydrogen-bond donors (Lipinski definition) is 1. The van der Waals surface area contributed by atoms with Crippen LogP contribution < -0.4 is 9.47 Å². The van der Waals surface area contributed by atoms with Crippen molar-refractivity contribution >= 4 is 46.3 Å². The normalized spacial score (nSPS) is 14.2. The number of para-hydroxylation sites is 1. The second-order valence-electron chi connectivity index (χ2n) is 8.71. The third-order valence-corrected chi connectivity index (χ3v) is 7.25. The predicted octanol–water partition coefficient (Wildman–Crippen LogP) is 6.00. The van der Waals surface area contributed by atoms with Gasteiger partial charge in [-0.25, -0.2) is 0 Å². The minimum atomic E-state index is -1.11. The Morgan fingerprint density at radius 1 is 0.868 bits per heavy atom. The highest BCUT2D eigenvalue weighted by atomic mass is 32.2. The van der Waals surface area contributed by atoms with Gasteiger partial charge in [-0.1, -0.05) is 96.8 Å². The highest BCUT2D eigenvalue weighted by Gasteiger charge is 2.33. The average Bonchev–Trinajstić information content (AvgIpc) is 3.18. The lowest BCUT2D eigenvalue weighted by Gasteiger charge is -2.16. The van der Waals surface area contributed by atoms with E-state index in [4.69, 9.17) is 26.8 Å². The van der Waals surface area contributed by atoms with Gasteiger partial charge in [0.25, 0.3) is 5.91 Å². The van der Waals surface area contributed by atoms with Crippen LogP contribution in [0.15, 0.2) is 83.8 Å². The average molecular weight is 548 g/mol. The Hall–Kier alpha value is -3.62. The molecule has 1 N–H and O–H groups in total. The van der Waals surface area contributed by atoms with Gasteiger partial charge < -0.3 is 14.6 Å². The number of aliphatic carboxylic acids is 1. The predicted molar refractivity (Wildman–Crippen MR) is 154 cm³/mol. The number of carboxylic acid groups (broad SMARTS) is 1. The summed E-state index contributed by atoms with van der Waals surface area (Å²) < 4.78 is 12.6. The molecule has 0 aromatic heterocycles. The van der Waals surface area contributed by atoms with Gasteiger partial charge in [0.05, 0.1) is 18.1 Å². The van der Waals surface area contributed by atoms with Crippen LogP contribution in [0.4, 0.5) is 0 Å². The van der Waals surface area contributed by atoms with Crippen LogP contribution in [0.5, 0.6) is 11.5 Å². The van der Waals surface area contributed by atoms with Gasteiger partial charge in [-0.15, -0.1) is 0 Å². The molecular formula is C30H29NO5S2. The monoisotopic (exact) mass is 547 g/mol. The SMILES string of the molecule is O=C(O)CN1C(=O)/C(=C/c2cccc(OCCCc3ccccc3)c2OCCCc2ccccc2)SC1=S. The molecule has 1 saturated heterocycles. The van der Waals surface area contributed by atoms with Crippen molar-refractivity contribution in [3.63, 3.8) is 0 Å². The molecule has 38 heavy (non-hydrogen) atoms. The number of carbonyl (C=O) groups is 2. The van der Waals surface area contributed by atoms with Crippen LogP contribution in [0.1, 0.15) is 29.5 Å². The van der Waals surface area contributed by atoms with Gasteiger partial charge in [-0.2, -0.15) is 0 Å². The molecule has 196 valence electrons.